The van der Waals surface area contributed by atoms with Crippen LogP contribution in [-0.4, -0.2) is 36.7 Å². The standard InChI is InChI=1S/C12H17N3/c1-9-13-11-8-6-4-5-7-10(11)12(14-9)15(2)3/h4-5,7,11H,6,8H2,1-3H3. The molecule has 2 rings (SSSR count). The van der Waals surface area contributed by atoms with Crippen LogP contribution < -0.4 is 0 Å². The first-order valence-electron chi connectivity index (χ1n) is 5.36. The third-order valence-corrected chi connectivity index (χ3v) is 2.67. The van der Waals surface area contributed by atoms with Gasteiger partial charge in [-0.15, -0.1) is 0 Å². The summed E-state index contributed by atoms with van der Waals surface area (Å²) in [6.45, 7) is 1.97. The fourth-order valence-corrected chi connectivity index (χ4v) is 1.98. The summed E-state index contributed by atoms with van der Waals surface area (Å²) < 4.78 is 0. The Labute approximate surface area is 90.9 Å². The van der Waals surface area contributed by atoms with Gasteiger partial charge >= 0.3 is 0 Å². The third-order valence-electron chi connectivity index (χ3n) is 2.67. The molecule has 1 atom stereocenters. The maximum Gasteiger partial charge on any atom is 0.135 e. The fourth-order valence-electron chi connectivity index (χ4n) is 1.98. The number of nitrogens with zero attached hydrogens (tertiary/aromatic N) is 3. The van der Waals surface area contributed by atoms with Crippen molar-refractivity contribution in [2.75, 3.05) is 14.1 Å². The van der Waals surface area contributed by atoms with Gasteiger partial charge in [0.1, 0.15) is 11.7 Å². The predicted octanol–water partition coefficient (Wildman–Crippen LogP) is 2.02. The van der Waals surface area contributed by atoms with E-state index in [1.54, 1.807) is 0 Å². The number of hydrogen-bond acceptors (Lipinski definition) is 3. The Morgan fingerprint density at radius 2 is 2.20 bits per heavy atom. The Bertz CT molecular complexity index is 372. The van der Waals surface area contributed by atoms with Crippen molar-refractivity contribution in [1.29, 1.82) is 0 Å². The van der Waals surface area contributed by atoms with E-state index in [4.69, 9.17) is 0 Å². The third kappa shape index (κ3) is 2.01. The molecule has 2 aliphatic rings. The van der Waals surface area contributed by atoms with Crippen LogP contribution >= 0.6 is 0 Å². The highest BCUT2D eigenvalue weighted by Crippen LogP contribution is 2.23. The van der Waals surface area contributed by atoms with Gasteiger partial charge in [-0.1, -0.05) is 18.2 Å². The Morgan fingerprint density at radius 1 is 1.40 bits per heavy atom. The summed E-state index contributed by atoms with van der Waals surface area (Å²) in [4.78, 5) is 11.2. The van der Waals surface area contributed by atoms with E-state index < -0.39 is 0 Å². The van der Waals surface area contributed by atoms with Crippen molar-refractivity contribution in [3.05, 3.63) is 23.8 Å². The normalized spacial score (nSPS) is 24.7. The second kappa shape index (κ2) is 4.01. The van der Waals surface area contributed by atoms with Gasteiger partial charge in [0.25, 0.3) is 0 Å². The first-order chi connectivity index (χ1) is 7.18. The van der Waals surface area contributed by atoms with Crippen molar-refractivity contribution >= 4 is 11.7 Å². The molecule has 0 saturated heterocycles. The molecule has 3 nitrogen and oxygen atoms in total. The van der Waals surface area contributed by atoms with Crippen LogP contribution in [0.2, 0.25) is 0 Å². The van der Waals surface area contributed by atoms with E-state index in [2.05, 4.69) is 33.1 Å². The van der Waals surface area contributed by atoms with Gasteiger partial charge in [0.15, 0.2) is 0 Å². The maximum atomic E-state index is 4.59. The average molecular weight is 203 g/mol. The first kappa shape index (κ1) is 10.1. The quantitative estimate of drug-likeness (QED) is 0.592. The van der Waals surface area contributed by atoms with Gasteiger partial charge in [0.2, 0.25) is 0 Å². The molecule has 0 saturated carbocycles. The van der Waals surface area contributed by atoms with Crippen LogP contribution in [-0.2, 0) is 0 Å². The fraction of sp³-hybridized carbons (Fsp3) is 0.500. The molecule has 0 amide bonds. The van der Waals surface area contributed by atoms with Gasteiger partial charge < -0.3 is 4.90 Å². The molecule has 0 spiro atoms. The number of likely N-dealkylation sites (N-methyl/N-ethyl adjacent to an activating group) is 1. The number of fused-ring (bicyclic) bond motifs is 1. The smallest absolute Gasteiger partial charge is 0.135 e. The second-order valence-corrected chi connectivity index (χ2v) is 4.15. The van der Waals surface area contributed by atoms with E-state index in [1.165, 1.54) is 5.57 Å². The summed E-state index contributed by atoms with van der Waals surface area (Å²) in [6, 6.07) is 0.301. The SMILES string of the molecule is CC1=NC2CCC=CC=C2C(N(C)C)=N1. The molecule has 0 bridgehead atoms. The lowest BCUT2D eigenvalue weighted by Crippen LogP contribution is -2.32. The molecule has 1 aliphatic carbocycles. The van der Waals surface area contributed by atoms with Crippen LogP contribution in [0.4, 0.5) is 0 Å². The highest BCUT2D eigenvalue weighted by Gasteiger charge is 2.23. The van der Waals surface area contributed by atoms with Crippen LogP contribution in [0.15, 0.2) is 33.8 Å². The molecule has 1 heterocycles. The van der Waals surface area contributed by atoms with Gasteiger partial charge in [-0.2, -0.15) is 0 Å². The van der Waals surface area contributed by atoms with Crippen molar-refractivity contribution < 1.29 is 0 Å². The molecular formula is C12H17N3. The van der Waals surface area contributed by atoms with Crippen LogP contribution in [0.1, 0.15) is 19.8 Å². The van der Waals surface area contributed by atoms with E-state index in [9.17, 15) is 0 Å². The zero-order valence-corrected chi connectivity index (χ0v) is 9.57. The van der Waals surface area contributed by atoms with Crippen LogP contribution in [0, 0.1) is 0 Å². The highest BCUT2D eigenvalue weighted by molar-refractivity contribution is 6.08. The monoisotopic (exact) mass is 203 g/mol. The minimum Gasteiger partial charge on any atom is -0.362 e. The largest absolute Gasteiger partial charge is 0.362 e. The molecule has 0 aromatic heterocycles. The molecule has 0 aromatic rings. The minimum absolute atomic E-state index is 0.301. The van der Waals surface area contributed by atoms with Crippen LogP contribution in [0.5, 0.6) is 0 Å². The molecule has 80 valence electrons. The molecule has 1 aliphatic heterocycles. The van der Waals surface area contributed by atoms with Gasteiger partial charge in [-0.05, 0) is 19.8 Å². The van der Waals surface area contributed by atoms with Crippen molar-refractivity contribution in [2.24, 2.45) is 9.98 Å². The summed E-state index contributed by atoms with van der Waals surface area (Å²) in [7, 11) is 4.06. The Balaban J connectivity index is 2.40. The van der Waals surface area contributed by atoms with Crippen LogP contribution in [0.25, 0.3) is 0 Å². The number of aliphatic imine (C=N–C) groups is 2. The van der Waals surface area contributed by atoms with E-state index in [-0.39, 0.29) is 0 Å². The van der Waals surface area contributed by atoms with E-state index in [0.29, 0.717) is 6.04 Å². The lowest BCUT2D eigenvalue weighted by Gasteiger charge is -2.26. The Hall–Kier alpha value is -1.38. The Kier molecular flexibility index (Phi) is 2.71. The number of rotatable bonds is 0. The molecule has 0 radical (unpaired) electrons. The topological polar surface area (TPSA) is 28.0 Å². The summed E-state index contributed by atoms with van der Waals surface area (Å²) in [5, 5.41) is 0. The Morgan fingerprint density at radius 3 is 2.93 bits per heavy atom. The maximum absolute atomic E-state index is 4.59. The van der Waals surface area contributed by atoms with Crippen molar-refractivity contribution in [3.63, 3.8) is 0 Å². The first-order valence-corrected chi connectivity index (χ1v) is 5.36. The average Bonchev–Trinajstić information content (AvgIpc) is 2.41. The minimum atomic E-state index is 0.301. The molecule has 1 unspecified atom stereocenters. The highest BCUT2D eigenvalue weighted by atomic mass is 15.2. The summed E-state index contributed by atoms with van der Waals surface area (Å²) >= 11 is 0. The molecule has 3 heteroatoms. The summed E-state index contributed by atoms with van der Waals surface area (Å²) in [6.07, 6.45) is 8.65. The zero-order valence-electron chi connectivity index (χ0n) is 9.57. The van der Waals surface area contributed by atoms with Gasteiger partial charge in [-0.3, -0.25) is 4.99 Å². The van der Waals surface area contributed by atoms with Gasteiger partial charge in [0.05, 0.1) is 6.04 Å². The number of amidine groups is 2. The molecule has 0 fully saturated rings. The van der Waals surface area contributed by atoms with Crippen molar-refractivity contribution in [1.82, 2.24) is 4.90 Å². The number of hydrogen-bond donors (Lipinski definition) is 0. The van der Waals surface area contributed by atoms with Crippen LogP contribution in [0.3, 0.4) is 0 Å². The lowest BCUT2D eigenvalue weighted by molar-refractivity contribution is 0.603. The van der Waals surface area contributed by atoms with Crippen molar-refractivity contribution in [3.8, 4) is 0 Å². The molecule has 15 heavy (non-hydrogen) atoms. The van der Waals surface area contributed by atoms with Gasteiger partial charge in [0, 0.05) is 19.7 Å². The lowest BCUT2D eigenvalue weighted by atomic mass is 10.0. The predicted molar refractivity (Wildman–Crippen MR) is 64.5 cm³/mol. The second-order valence-electron chi connectivity index (χ2n) is 4.15. The van der Waals surface area contributed by atoms with Crippen molar-refractivity contribution in [2.45, 2.75) is 25.8 Å². The number of allylic oxidation sites excluding steroid dienone is 3. The van der Waals surface area contributed by atoms with E-state index >= 15 is 0 Å². The molecular weight excluding hydrogens is 186 g/mol. The molecule has 0 N–H and O–H groups in total. The van der Waals surface area contributed by atoms with Gasteiger partial charge in [-0.25, -0.2) is 4.99 Å². The molecule has 0 aromatic carbocycles. The zero-order chi connectivity index (χ0) is 10.8. The summed E-state index contributed by atoms with van der Waals surface area (Å²) in [5.41, 5.74) is 1.25. The van der Waals surface area contributed by atoms with E-state index in [0.717, 1.165) is 24.5 Å². The van der Waals surface area contributed by atoms with E-state index in [1.807, 2.05) is 21.0 Å². The summed E-state index contributed by atoms with van der Waals surface area (Å²) in [5.74, 6) is 1.95.